The van der Waals surface area contributed by atoms with Crippen LogP contribution in [-0.2, 0) is 14.4 Å². The zero-order chi connectivity index (χ0) is 25.3. The third kappa shape index (κ3) is 6.24. The summed E-state index contributed by atoms with van der Waals surface area (Å²) in [5, 5.41) is 6.74. The molecule has 8 heteroatoms. The summed E-state index contributed by atoms with van der Waals surface area (Å²) in [6.07, 6.45) is 4.40. The Morgan fingerprint density at radius 1 is 0.972 bits per heavy atom. The molecule has 1 fully saturated rings. The maximum Gasteiger partial charge on any atom is 0.336 e. The maximum atomic E-state index is 12.7. The molecule has 1 aliphatic rings. The third-order valence-electron chi connectivity index (χ3n) is 5.68. The van der Waals surface area contributed by atoms with E-state index in [0.29, 0.717) is 17.9 Å². The van der Waals surface area contributed by atoms with E-state index in [9.17, 15) is 14.4 Å². The minimum absolute atomic E-state index is 0.261. The molecule has 0 bridgehead atoms. The number of amides is 2. The number of nitrogens with one attached hydrogen (secondary N) is 2. The molecule has 3 aromatic carbocycles. The van der Waals surface area contributed by atoms with Crippen molar-refractivity contribution in [2.24, 2.45) is 11.0 Å². The van der Waals surface area contributed by atoms with Crippen LogP contribution in [0.2, 0.25) is 0 Å². The second-order valence-electron chi connectivity index (χ2n) is 8.07. The Hall–Kier alpha value is -4.72. The molecule has 0 aliphatic carbocycles. The smallest absolute Gasteiger partial charge is 0.336 e. The number of nitrogens with zero attached hydrogens (tertiary/aromatic N) is 1. The molecule has 0 aromatic heterocycles. The van der Waals surface area contributed by atoms with Gasteiger partial charge in [-0.05, 0) is 47.0 Å². The van der Waals surface area contributed by atoms with Crippen molar-refractivity contribution in [2.45, 2.75) is 5.92 Å². The first-order valence-electron chi connectivity index (χ1n) is 11.3. The standard InChI is InChI=1S/C28H25N3O5/c1-35-22-13-10-19(11-14-22)12-15-25(32)36-23-9-5-6-20(16-23)17-30-31-28(34)26-24(18-29-27(26)33)21-7-3-2-4-8-21/h2-17,24,26H,18H2,1H3,(H,29,33)(H,31,34)/b15-12+,30-17+/t24-,26+/m1/s1. The SMILES string of the molecule is COc1ccc(/C=C/C(=O)Oc2cccc(/C=N/NC(=O)[C@@H]3C(=O)NC[C@@H]3c3ccccc3)c2)cc1. The van der Waals surface area contributed by atoms with Gasteiger partial charge in [-0.15, -0.1) is 0 Å². The van der Waals surface area contributed by atoms with Gasteiger partial charge in [-0.1, -0.05) is 54.6 Å². The van der Waals surface area contributed by atoms with Gasteiger partial charge in [-0.3, -0.25) is 9.59 Å². The lowest BCUT2D eigenvalue weighted by atomic mass is 9.88. The van der Waals surface area contributed by atoms with Crippen molar-refractivity contribution in [3.05, 3.63) is 102 Å². The summed E-state index contributed by atoms with van der Waals surface area (Å²) >= 11 is 0. The normalized spacial score (nSPS) is 17.2. The minimum atomic E-state index is -0.866. The summed E-state index contributed by atoms with van der Waals surface area (Å²) in [5.74, 6) is -1.42. The molecule has 0 spiro atoms. The summed E-state index contributed by atoms with van der Waals surface area (Å²) < 4.78 is 10.5. The molecule has 4 rings (SSSR count). The van der Waals surface area contributed by atoms with Crippen LogP contribution in [0.3, 0.4) is 0 Å². The molecule has 182 valence electrons. The number of carbonyl (C=O) groups excluding carboxylic acids is 3. The Bertz CT molecular complexity index is 1290. The molecule has 0 saturated carbocycles. The van der Waals surface area contributed by atoms with E-state index in [-0.39, 0.29) is 11.8 Å². The number of carbonyl (C=O) groups is 3. The first kappa shape index (κ1) is 24.4. The molecule has 3 aromatic rings. The van der Waals surface area contributed by atoms with Crippen molar-refractivity contribution in [3.8, 4) is 11.5 Å². The van der Waals surface area contributed by atoms with Crippen LogP contribution in [0.1, 0.15) is 22.6 Å². The van der Waals surface area contributed by atoms with Gasteiger partial charge in [-0.2, -0.15) is 5.10 Å². The summed E-state index contributed by atoms with van der Waals surface area (Å²) in [6, 6.07) is 23.4. The lowest BCUT2D eigenvalue weighted by molar-refractivity contribution is -0.133. The van der Waals surface area contributed by atoms with Gasteiger partial charge in [-0.25, -0.2) is 10.2 Å². The van der Waals surface area contributed by atoms with Gasteiger partial charge in [0.05, 0.1) is 13.3 Å². The number of ether oxygens (including phenoxy) is 2. The third-order valence-corrected chi connectivity index (χ3v) is 5.68. The van der Waals surface area contributed by atoms with Gasteiger partial charge >= 0.3 is 5.97 Å². The number of rotatable bonds is 8. The Kier molecular flexibility index (Phi) is 7.87. The fourth-order valence-electron chi connectivity index (χ4n) is 3.86. The minimum Gasteiger partial charge on any atom is -0.497 e. The average Bonchev–Trinajstić information content (AvgIpc) is 3.30. The fraction of sp³-hybridized carbons (Fsp3) is 0.143. The van der Waals surface area contributed by atoms with E-state index in [0.717, 1.165) is 16.9 Å². The van der Waals surface area contributed by atoms with Crippen molar-refractivity contribution in [1.82, 2.24) is 10.7 Å². The molecule has 2 amide bonds. The molecule has 1 heterocycles. The highest BCUT2D eigenvalue weighted by Gasteiger charge is 2.40. The largest absolute Gasteiger partial charge is 0.497 e. The van der Waals surface area contributed by atoms with Crippen molar-refractivity contribution in [1.29, 1.82) is 0 Å². The van der Waals surface area contributed by atoms with Crippen LogP contribution >= 0.6 is 0 Å². The van der Waals surface area contributed by atoms with E-state index in [1.807, 2.05) is 42.5 Å². The summed E-state index contributed by atoms with van der Waals surface area (Å²) in [5.41, 5.74) is 4.80. The lowest BCUT2D eigenvalue weighted by Gasteiger charge is -2.15. The van der Waals surface area contributed by atoms with Crippen LogP contribution in [0.5, 0.6) is 11.5 Å². The number of benzene rings is 3. The number of hydrogen-bond donors (Lipinski definition) is 2. The molecule has 36 heavy (non-hydrogen) atoms. The highest BCUT2D eigenvalue weighted by molar-refractivity contribution is 6.03. The van der Waals surface area contributed by atoms with Gasteiger partial charge in [0, 0.05) is 18.5 Å². The zero-order valence-electron chi connectivity index (χ0n) is 19.6. The molecule has 0 unspecified atom stereocenters. The predicted molar refractivity (Wildman–Crippen MR) is 136 cm³/mol. The second kappa shape index (κ2) is 11.6. The molecule has 8 nitrogen and oxygen atoms in total. The van der Waals surface area contributed by atoms with Crippen LogP contribution in [0, 0.1) is 5.92 Å². The average molecular weight is 484 g/mol. The summed E-state index contributed by atoms with van der Waals surface area (Å²) in [4.78, 5) is 37.2. The number of hydrogen-bond acceptors (Lipinski definition) is 6. The summed E-state index contributed by atoms with van der Waals surface area (Å²) in [7, 11) is 1.59. The van der Waals surface area contributed by atoms with Crippen molar-refractivity contribution in [2.75, 3.05) is 13.7 Å². The number of esters is 1. The van der Waals surface area contributed by atoms with Gasteiger partial charge < -0.3 is 14.8 Å². The Balaban J connectivity index is 1.34. The molecular weight excluding hydrogens is 458 g/mol. The van der Waals surface area contributed by atoms with E-state index in [4.69, 9.17) is 9.47 Å². The van der Waals surface area contributed by atoms with E-state index in [1.165, 1.54) is 12.3 Å². The number of hydrazone groups is 1. The topological polar surface area (TPSA) is 106 Å². The fourth-order valence-corrected chi connectivity index (χ4v) is 3.86. The molecule has 0 radical (unpaired) electrons. The molecule has 1 aliphatic heterocycles. The monoisotopic (exact) mass is 483 g/mol. The van der Waals surface area contributed by atoms with Crippen LogP contribution < -0.4 is 20.2 Å². The van der Waals surface area contributed by atoms with Gasteiger partial charge in [0.1, 0.15) is 17.4 Å². The molecule has 2 atom stereocenters. The first-order valence-corrected chi connectivity index (χ1v) is 11.3. The Labute approximate surface area is 208 Å². The zero-order valence-corrected chi connectivity index (χ0v) is 19.6. The van der Waals surface area contributed by atoms with E-state index in [1.54, 1.807) is 49.6 Å². The van der Waals surface area contributed by atoms with Crippen molar-refractivity contribution in [3.63, 3.8) is 0 Å². The Morgan fingerprint density at radius 2 is 1.75 bits per heavy atom. The summed E-state index contributed by atoms with van der Waals surface area (Å²) in [6.45, 7) is 0.394. The molecule has 2 N–H and O–H groups in total. The highest BCUT2D eigenvalue weighted by atomic mass is 16.5. The van der Waals surface area contributed by atoms with E-state index in [2.05, 4.69) is 15.8 Å². The van der Waals surface area contributed by atoms with Crippen LogP contribution in [0.25, 0.3) is 6.08 Å². The van der Waals surface area contributed by atoms with Crippen LogP contribution in [0.15, 0.2) is 90.0 Å². The highest BCUT2D eigenvalue weighted by Crippen LogP contribution is 2.29. The Morgan fingerprint density at radius 3 is 2.50 bits per heavy atom. The quantitative estimate of drug-likeness (QED) is 0.128. The van der Waals surface area contributed by atoms with Gasteiger partial charge in [0.25, 0.3) is 5.91 Å². The van der Waals surface area contributed by atoms with E-state index >= 15 is 0 Å². The molecule has 1 saturated heterocycles. The van der Waals surface area contributed by atoms with Gasteiger partial charge in [0.2, 0.25) is 5.91 Å². The lowest BCUT2D eigenvalue weighted by Crippen LogP contribution is -2.34. The second-order valence-corrected chi connectivity index (χ2v) is 8.07. The molecular formula is C28H25N3O5. The van der Waals surface area contributed by atoms with Crippen molar-refractivity contribution >= 4 is 30.1 Å². The van der Waals surface area contributed by atoms with Crippen molar-refractivity contribution < 1.29 is 23.9 Å². The maximum absolute atomic E-state index is 12.7. The van der Waals surface area contributed by atoms with Gasteiger partial charge in [0.15, 0.2) is 0 Å². The first-order chi connectivity index (χ1) is 17.5. The predicted octanol–water partition coefficient (Wildman–Crippen LogP) is 3.29. The number of methoxy groups -OCH3 is 1. The van der Waals surface area contributed by atoms with Crippen LogP contribution in [-0.4, -0.2) is 37.7 Å². The van der Waals surface area contributed by atoms with E-state index < -0.39 is 17.8 Å². The van der Waals surface area contributed by atoms with Crippen LogP contribution in [0.4, 0.5) is 0 Å².